The van der Waals surface area contributed by atoms with Crippen molar-refractivity contribution < 1.29 is 17.9 Å². The molecule has 0 aliphatic carbocycles. The molecule has 0 N–H and O–H groups in total. The number of halogens is 1. The molecule has 2 saturated heterocycles. The molecule has 1 unspecified atom stereocenters. The summed E-state index contributed by atoms with van der Waals surface area (Å²) >= 11 is 6.19. The zero-order valence-corrected chi connectivity index (χ0v) is 22.7. The maximum Gasteiger partial charge on any atom is 0.248 e. The molecule has 0 radical (unpaired) electrons. The number of aryl methyl sites for hydroxylation is 2. The second-order valence-corrected chi connectivity index (χ2v) is 12.1. The first-order valence-corrected chi connectivity index (χ1v) is 14.5. The second kappa shape index (κ2) is 12.0. The largest absolute Gasteiger partial charge is 0.370 e. The van der Waals surface area contributed by atoms with Gasteiger partial charge in [0.25, 0.3) is 0 Å². The zero-order chi connectivity index (χ0) is 25.7. The molecular weight excluding hydrogens is 498 g/mol. The number of carbonyl (C=O) groups is 1. The van der Waals surface area contributed by atoms with Crippen LogP contribution in [-0.4, -0.2) is 80.4 Å². The lowest BCUT2D eigenvalue weighted by atomic mass is 10.1. The van der Waals surface area contributed by atoms with Gasteiger partial charge in [0.2, 0.25) is 15.9 Å². The molecule has 0 bridgehead atoms. The molecule has 2 aromatic carbocycles. The van der Waals surface area contributed by atoms with Crippen LogP contribution in [0.5, 0.6) is 0 Å². The average molecular weight is 534 g/mol. The molecule has 2 aliphatic heterocycles. The first-order chi connectivity index (χ1) is 17.3. The molecule has 2 aliphatic rings. The standard InChI is InChI=1S/C27H36ClN3O4S/c1-21-17-26(22(2)16-25(21)28)36(33,34)31-11-7-6-10-24(31)19-35-20-27(32)30-14-12-29(13-15-30)18-23-8-4-3-5-9-23/h3-5,8-9,16-17,24H,6-7,10-15,18-20H2,1-2H3. The monoisotopic (exact) mass is 533 g/mol. The lowest BCUT2D eigenvalue weighted by Crippen LogP contribution is -2.50. The number of piperazine rings is 1. The smallest absolute Gasteiger partial charge is 0.248 e. The van der Waals surface area contributed by atoms with Crippen LogP contribution in [0.3, 0.4) is 0 Å². The molecule has 9 heteroatoms. The maximum absolute atomic E-state index is 13.5. The highest BCUT2D eigenvalue weighted by atomic mass is 35.5. The van der Waals surface area contributed by atoms with Crippen LogP contribution in [0.15, 0.2) is 47.4 Å². The number of nitrogens with zero attached hydrogens (tertiary/aromatic N) is 3. The third-order valence-corrected chi connectivity index (χ3v) is 9.63. The third kappa shape index (κ3) is 6.47. The van der Waals surface area contributed by atoms with Crippen LogP contribution < -0.4 is 0 Å². The summed E-state index contributed by atoms with van der Waals surface area (Å²) < 4.78 is 34.4. The van der Waals surface area contributed by atoms with E-state index < -0.39 is 10.0 Å². The fraction of sp³-hybridized carbons (Fsp3) is 0.519. The highest BCUT2D eigenvalue weighted by molar-refractivity contribution is 7.89. The highest BCUT2D eigenvalue weighted by Crippen LogP contribution is 2.30. The maximum atomic E-state index is 13.5. The SMILES string of the molecule is Cc1cc(S(=O)(=O)N2CCCCC2COCC(=O)N2CCN(Cc3ccccc3)CC2)c(C)cc1Cl. The first-order valence-electron chi connectivity index (χ1n) is 12.7. The van der Waals surface area contributed by atoms with E-state index in [-0.39, 0.29) is 25.2 Å². The predicted octanol–water partition coefficient (Wildman–Crippen LogP) is 3.86. The van der Waals surface area contributed by atoms with Crippen LogP contribution in [-0.2, 0) is 26.1 Å². The van der Waals surface area contributed by atoms with Gasteiger partial charge in [-0.3, -0.25) is 9.69 Å². The molecule has 2 aromatic rings. The number of amides is 1. The lowest BCUT2D eigenvalue weighted by molar-refractivity contribution is -0.138. The van der Waals surface area contributed by atoms with Crippen molar-refractivity contribution in [2.75, 3.05) is 45.9 Å². The van der Waals surface area contributed by atoms with Crippen molar-refractivity contribution in [1.82, 2.24) is 14.1 Å². The first kappa shape index (κ1) is 27.1. The van der Waals surface area contributed by atoms with E-state index >= 15 is 0 Å². The normalized spacial score (nSPS) is 20.0. The topological polar surface area (TPSA) is 70.2 Å². The number of rotatable bonds is 8. The number of sulfonamides is 1. The summed E-state index contributed by atoms with van der Waals surface area (Å²) in [4.78, 5) is 17.2. The van der Waals surface area contributed by atoms with Gasteiger partial charge in [0.15, 0.2) is 0 Å². The molecule has 4 rings (SSSR count). The average Bonchev–Trinajstić information content (AvgIpc) is 2.87. The van der Waals surface area contributed by atoms with Gasteiger partial charge in [0.1, 0.15) is 6.61 Å². The minimum atomic E-state index is -3.69. The molecule has 0 spiro atoms. The molecule has 36 heavy (non-hydrogen) atoms. The van der Waals surface area contributed by atoms with Crippen molar-refractivity contribution in [2.24, 2.45) is 0 Å². The summed E-state index contributed by atoms with van der Waals surface area (Å²) in [5, 5.41) is 0.560. The molecule has 7 nitrogen and oxygen atoms in total. The van der Waals surface area contributed by atoms with Gasteiger partial charge in [-0.2, -0.15) is 4.31 Å². The van der Waals surface area contributed by atoms with E-state index in [4.69, 9.17) is 16.3 Å². The van der Waals surface area contributed by atoms with E-state index in [1.807, 2.05) is 30.0 Å². The Hall–Kier alpha value is -1.97. The summed E-state index contributed by atoms with van der Waals surface area (Å²) in [5.41, 5.74) is 2.65. The molecule has 196 valence electrons. The Labute approximate surface area is 220 Å². The fourth-order valence-electron chi connectivity index (χ4n) is 4.99. The van der Waals surface area contributed by atoms with E-state index in [1.54, 1.807) is 23.4 Å². The molecule has 2 heterocycles. The Balaban J connectivity index is 1.29. The van der Waals surface area contributed by atoms with E-state index in [0.29, 0.717) is 35.1 Å². The molecule has 0 saturated carbocycles. The van der Waals surface area contributed by atoms with E-state index in [2.05, 4.69) is 17.0 Å². The zero-order valence-electron chi connectivity index (χ0n) is 21.2. The van der Waals surface area contributed by atoms with Gasteiger partial charge < -0.3 is 9.64 Å². The minimum absolute atomic E-state index is 0.0256. The lowest BCUT2D eigenvalue weighted by Gasteiger charge is -2.36. The number of ether oxygens (including phenoxy) is 1. The summed E-state index contributed by atoms with van der Waals surface area (Å²) in [7, 11) is -3.69. The van der Waals surface area contributed by atoms with Gasteiger partial charge >= 0.3 is 0 Å². The van der Waals surface area contributed by atoms with Crippen molar-refractivity contribution in [2.45, 2.75) is 50.6 Å². The number of hydrogen-bond acceptors (Lipinski definition) is 5. The van der Waals surface area contributed by atoms with Crippen molar-refractivity contribution >= 4 is 27.5 Å². The van der Waals surface area contributed by atoms with Gasteiger partial charge in [-0.1, -0.05) is 48.4 Å². The van der Waals surface area contributed by atoms with Gasteiger partial charge in [-0.25, -0.2) is 8.42 Å². The van der Waals surface area contributed by atoms with Crippen molar-refractivity contribution in [3.05, 3.63) is 64.2 Å². The number of piperidine rings is 1. The Kier molecular flexibility index (Phi) is 9.06. The van der Waals surface area contributed by atoms with Gasteiger partial charge in [0.05, 0.1) is 11.5 Å². The van der Waals surface area contributed by atoms with Crippen LogP contribution >= 0.6 is 11.6 Å². The minimum Gasteiger partial charge on any atom is -0.370 e. The van der Waals surface area contributed by atoms with Crippen LogP contribution in [0.25, 0.3) is 0 Å². The van der Waals surface area contributed by atoms with Crippen molar-refractivity contribution in [3.63, 3.8) is 0 Å². The Bertz CT molecular complexity index is 1150. The molecule has 1 atom stereocenters. The van der Waals surface area contributed by atoms with Gasteiger partial charge in [-0.15, -0.1) is 0 Å². The van der Waals surface area contributed by atoms with Crippen molar-refractivity contribution in [1.29, 1.82) is 0 Å². The third-order valence-electron chi connectivity index (χ3n) is 7.13. The molecule has 0 aromatic heterocycles. The van der Waals surface area contributed by atoms with Gasteiger partial charge in [0, 0.05) is 50.3 Å². The van der Waals surface area contributed by atoms with Crippen LogP contribution in [0, 0.1) is 13.8 Å². The number of carbonyl (C=O) groups excluding carboxylic acids is 1. The van der Waals surface area contributed by atoms with E-state index in [9.17, 15) is 13.2 Å². The van der Waals surface area contributed by atoms with E-state index in [0.717, 1.165) is 44.5 Å². The van der Waals surface area contributed by atoms with Crippen LogP contribution in [0.4, 0.5) is 0 Å². The van der Waals surface area contributed by atoms with Crippen molar-refractivity contribution in [3.8, 4) is 0 Å². The number of benzene rings is 2. The molecule has 2 fully saturated rings. The summed E-state index contributed by atoms with van der Waals surface area (Å²) in [5.74, 6) is -0.0382. The number of hydrogen-bond donors (Lipinski definition) is 0. The Morgan fingerprint density at radius 1 is 1.00 bits per heavy atom. The summed E-state index contributed by atoms with van der Waals surface area (Å²) in [6.45, 7) is 8.11. The Morgan fingerprint density at radius 2 is 1.72 bits per heavy atom. The molecular formula is C27H36ClN3O4S. The van der Waals surface area contributed by atoms with Gasteiger partial charge in [-0.05, 0) is 55.5 Å². The highest BCUT2D eigenvalue weighted by Gasteiger charge is 2.35. The quantitative estimate of drug-likeness (QED) is 0.515. The predicted molar refractivity (Wildman–Crippen MR) is 142 cm³/mol. The van der Waals surface area contributed by atoms with E-state index in [1.165, 1.54) is 5.56 Å². The summed E-state index contributed by atoms with van der Waals surface area (Å²) in [6, 6.07) is 13.4. The summed E-state index contributed by atoms with van der Waals surface area (Å²) in [6.07, 6.45) is 2.47. The van der Waals surface area contributed by atoms with Crippen LogP contribution in [0.2, 0.25) is 5.02 Å². The Morgan fingerprint density at radius 3 is 2.44 bits per heavy atom. The fourth-order valence-corrected chi connectivity index (χ4v) is 7.18. The van der Waals surface area contributed by atoms with Crippen LogP contribution in [0.1, 0.15) is 36.0 Å². The molecule has 1 amide bonds. The second-order valence-electron chi connectivity index (χ2n) is 9.79.